The fraction of sp³-hybridized carbons (Fsp3) is 0.611. The van der Waals surface area contributed by atoms with Gasteiger partial charge in [-0.3, -0.25) is 28.8 Å². The van der Waals surface area contributed by atoms with Crippen molar-refractivity contribution >= 4 is 35.4 Å². The molecule has 4 amide bonds. The first kappa shape index (κ1) is 46.7. The summed E-state index contributed by atoms with van der Waals surface area (Å²) in [5.41, 5.74) is 15.8. The first-order valence-electron chi connectivity index (χ1n) is 18.2. The molecule has 14 nitrogen and oxygen atoms in total. The fourth-order valence-corrected chi connectivity index (χ4v) is 5.94. The van der Waals surface area contributed by atoms with Crippen molar-refractivity contribution in [3.8, 4) is 0 Å². The molecule has 0 saturated carbocycles. The van der Waals surface area contributed by atoms with Crippen molar-refractivity contribution < 1.29 is 55.8 Å². The van der Waals surface area contributed by atoms with Gasteiger partial charge in [0.25, 0.3) is 0 Å². The van der Waals surface area contributed by atoms with Crippen LogP contribution in [0.25, 0.3) is 0 Å². The Hall–Kier alpha value is -4.49. The Morgan fingerprint density at radius 3 is 1.78 bits per heavy atom. The summed E-state index contributed by atoms with van der Waals surface area (Å²) in [6, 6.07) is -7.12. The zero-order valence-electron chi connectivity index (χ0n) is 30.9. The fourth-order valence-electron chi connectivity index (χ4n) is 5.94. The van der Waals surface area contributed by atoms with Gasteiger partial charge in [-0.05, 0) is 76.8 Å². The molecule has 19 heteroatoms. The van der Waals surface area contributed by atoms with Gasteiger partial charge in [-0.2, -0.15) is 0 Å². The van der Waals surface area contributed by atoms with Crippen LogP contribution >= 0.6 is 0 Å². The lowest BCUT2D eigenvalue weighted by atomic mass is 9.89. The highest BCUT2D eigenvalue weighted by atomic mass is 19.2. The number of carbonyl (C=O) groups is 6. The number of carbonyl (C=O) groups excluding carboxylic acids is 5. The van der Waals surface area contributed by atoms with E-state index in [2.05, 4.69) is 21.3 Å². The van der Waals surface area contributed by atoms with Crippen molar-refractivity contribution in [2.24, 2.45) is 29.0 Å². The van der Waals surface area contributed by atoms with Crippen molar-refractivity contribution in [1.29, 1.82) is 0 Å². The van der Waals surface area contributed by atoms with Crippen LogP contribution in [0.15, 0.2) is 12.2 Å². The Balaban J connectivity index is 2.57. The third-order valence-corrected chi connectivity index (χ3v) is 9.02. The molecule has 6 atom stereocenters. The maximum absolute atomic E-state index is 14.8. The van der Waals surface area contributed by atoms with Crippen LogP contribution in [0.4, 0.5) is 22.0 Å². The number of Topliss-reactive ketones (excluding diaryl/α,β-unsaturated/α-hetero) is 1. The van der Waals surface area contributed by atoms with Gasteiger partial charge in [0.1, 0.15) is 18.1 Å². The summed E-state index contributed by atoms with van der Waals surface area (Å²) in [6.45, 7) is 3.93. The normalized spacial score (nSPS) is 20.9. The Labute approximate surface area is 315 Å². The molecule has 1 aromatic rings. The molecule has 11 N–H and O–H groups in total. The Morgan fingerprint density at radius 2 is 1.27 bits per heavy atom. The molecule has 0 saturated heterocycles. The number of carboxylic acids is 1. The minimum Gasteiger partial charge on any atom is -0.481 e. The van der Waals surface area contributed by atoms with E-state index in [0.29, 0.717) is 32.2 Å². The molecule has 0 aromatic heterocycles. The Kier molecular flexibility index (Phi) is 19.3. The van der Waals surface area contributed by atoms with E-state index < -0.39 is 119 Å². The summed E-state index contributed by atoms with van der Waals surface area (Å²) in [6.07, 6.45) is 2.30. The lowest BCUT2D eigenvalue weighted by Crippen LogP contribution is -2.58. The minimum absolute atomic E-state index is 0.0287. The van der Waals surface area contributed by atoms with Gasteiger partial charge >= 0.3 is 5.97 Å². The molecular weight excluding hydrogens is 737 g/mol. The molecule has 0 aliphatic carbocycles. The number of halogens is 5. The van der Waals surface area contributed by atoms with E-state index in [0.717, 1.165) is 0 Å². The van der Waals surface area contributed by atoms with Gasteiger partial charge in [0.15, 0.2) is 29.1 Å². The number of nitrogens with two attached hydrogens (primary N) is 3. The molecule has 1 aliphatic rings. The number of carboxylic acid groups (broad SMARTS) is 1. The number of nitrogens with one attached hydrogen (secondary N) is 4. The van der Waals surface area contributed by atoms with Gasteiger partial charge in [0.2, 0.25) is 29.4 Å². The molecule has 1 aliphatic heterocycles. The Morgan fingerprint density at radius 1 is 0.782 bits per heavy atom. The van der Waals surface area contributed by atoms with Crippen molar-refractivity contribution in [3.63, 3.8) is 0 Å². The molecule has 1 heterocycles. The second-order valence-corrected chi connectivity index (χ2v) is 14.0. The van der Waals surface area contributed by atoms with Crippen LogP contribution in [0.5, 0.6) is 0 Å². The minimum atomic E-state index is -2.45. The molecule has 2 rings (SSSR count). The average molecular weight is 790 g/mol. The molecule has 0 radical (unpaired) electrons. The summed E-state index contributed by atoms with van der Waals surface area (Å²) >= 11 is 0. The van der Waals surface area contributed by atoms with Crippen LogP contribution in [0.1, 0.15) is 83.6 Å². The number of rotatable bonds is 18. The van der Waals surface area contributed by atoms with Crippen molar-refractivity contribution in [2.45, 2.75) is 115 Å². The van der Waals surface area contributed by atoms with Gasteiger partial charge in [-0.25, -0.2) is 22.0 Å². The van der Waals surface area contributed by atoms with Crippen LogP contribution in [0.3, 0.4) is 0 Å². The number of benzene rings is 1. The monoisotopic (exact) mass is 789 g/mol. The van der Waals surface area contributed by atoms with Crippen LogP contribution < -0.4 is 38.5 Å². The van der Waals surface area contributed by atoms with Crippen LogP contribution in [0.2, 0.25) is 0 Å². The lowest BCUT2D eigenvalue weighted by molar-refractivity contribution is -0.144. The maximum atomic E-state index is 14.8. The molecular formula is C36H52F5N7O7. The van der Waals surface area contributed by atoms with Crippen LogP contribution in [-0.2, 0) is 35.2 Å². The first-order valence-corrected chi connectivity index (χ1v) is 18.2. The first-order chi connectivity index (χ1) is 25.9. The van der Waals surface area contributed by atoms with E-state index in [1.807, 2.05) is 0 Å². The smallest absolute Gasteiger partial charge is 0.306 e. The van der Waals surface area contributed by atoms with Crippen molar-refractivity contribution in [3.05, 3.63) is 46.8 Å². The lowest BCUT2D eigenvalue weighted by Gasteiger charge is -2.27. The summed E-state index contributed by atoms with van der Waals surface area (Å²) in [5, 5.41) is 19.6. The molecule has 308 valence electrons. The van der Waals surface area contributed by atoms with Gasteiger partial charge in [-0.15, -0.1) is 0 Å². The van der Waals surface area contributed by atoms with E-state index in [1.54, 1.807) is 13.8 Å². The van der Waals surface area contributed by atoms with E-state index in [9.17, 15) is 55.8 Å². The van der Waals surface area contributed by atoms with Crippen molar-refractivity contribution in [1.82, 2.24) is 21.3 Å². The molecule has 1 aromatic carbocycles. The number of ketones is 1. The second kappa shape index (κ2) is 22.8. The van der Waals surface area contributed by atoms with Gasteiger partial charge in [0, 0.05) is 18.4 Å². The van der Waals surface area contributed by atoms with E-state index >= 15 is 0 Å². The molecule has 0 spiro atoms. The summed E-state index contributed by atoms with van der Waals surface area (Å²) in [7, 11) is 0. The highest BCUT2D eigenvalue weighted by molar-refractivity contribution is 5.96. The highest BCUT2D eigenvalue weighted by Crippen LogP contribution is 2.25. The molecule has 55 heavy (non-hydrogen) atoms. The van der Waals surface area contributed by atoms with E-state index in [4.69, 9.17) is 17.2 Å². The molecule has 0 fully saturated rings. The van der Waals surface area contributed by atoms with Gasteiger partial charge < -0.3 is 43.6 Å². The summed E-state index contributed by atoms with van der Waals surface area (Å²) < 4.78 is 71.9. The number of hydrogen-bond acceptors (Lipinski definition) is 9. The second-order valence-electron chi connectivity index (χ2n) is 14.0. The number of amides is 4. The maximum Gasteiger partial charge on any atom is 0.306 e. The third kappa shape index (κ3) is 14.3. The van der Waals surface area contributed by atoms with Crippen molar-refractivity contribution in [2.75, 3.05) is 13.1 Å². The topological polar surface area (TPSA) is 249 Å². The van der Waals surface area contributed by atoms with Crippen LogP contribution in [0, 0.1) is 40.9 Å². The SMILES string of the molecule is CC(C)C[C@H](CC(=O)[C@H](Cc1c(F)c(F)c(F)c(F)c1F)NC(=O)[C@@H]1CC=CC[C@H](N)C(=O)N[C@@H](CCCCN)C(=O)N[C@@H](CCCCN)C(=O)N1)C(=O)O. The Bertz CT molecular complexity index is 1540. The highest BCUT2D eigenvalue weighted by Gasteiger charge is 2.35. The standard InChI is InChI=1S/C36H52F5N7O7/c1-18(2)15-19(36(54)55)16-26(49)25(17-20-27(37)29(39)31(41)30(40)28(20)38)48-35(53)23-10-4-3-9-21(44)32(50)45-22(11-5-7-13-42)33(51)47-24(34(52)46-23)12-6-8-14-43/h3-4,18-19,21-25H,5-17,42-44H2,1-2H3,(H,45,50)(H,46,52)(H,47,51)(H,48,53)(H,54,55)/t19-,21+,22+,23+,24+,25+/m1/s1. The average Bonchev–Trinajstić information content (AvgIpc) is 3.13. The zero-order valence-corrected chi connectivity index (χ0v) is 30.9. The predicted molar refractivity (Wildman–Crippen MR) is 190 cm³/mol. The number of hydrogen-bond donors (Lipinski definition) is 8. The van der Waals surface area contributed by atoms with E-state index in [1.165, 1.54) is 12.2 Å². The molecule has 0 unspecified atom stereocenters. The zero-order chi connectivity index (χ0) is 41.4. The third-order valence-electron chi connectivity index (χ3n) is 9.02. The summed E-state index contributed by atoms with van der Waals surface area (Å²) in [5.74, 6) is -19.0. The predicted octanol–water partition coefficient (Wildman–Crippen LogP) is 1.51. The van der Waals surface area contributed by atoms with Gasteiger partial charge in [0.05, 0.1) is 18.0 Å². The largest absolute Gasteiger partial charge is 0.481 e. The quantitative estimate of drug-likeness (QED) is 0.0350. The molecule has 0 bridgehead atoms. The number of unbranched alkanes of at least 4 members (excludes halogenated alkanes) is 2. The summed E-state index contributed by atoms with van der Waals surface area (Å²) in [4.78, 5) is 79.5. The van der Waals surface area contributed by atoms with E-state index in [-0.39, 0.29) is 44.6 Å². The van der Waals surface area contributed by atoms with Gasteiger partial charge in [-0.1, -0.05) is 26.0 Å². The van der Waals surface area contributed by atoms with Crippen LogP contribution in [-0.4, -0.2) is 83.8 Å². The number of aliphatic carboxylic acids is 1.